The van der Waals surface area contributed by atoms with Gasteiger partial charge in [0.15, 0.2) is 0 Å². The molecule has 2 heterocycles. The first-order chi connectivity index (χ1) is 14.1. The summed E-state index contributed by atoms with van der Waals surface area (Å²) in [4.78, 5) is 26.1. The molecular weight excluding hydrogens is 368 g/mol. The van der Waals surface area contributed by atoms with Crippen LogP contribution < -0.4 is 5.32 Å². The van der Waals surface area contributed by atoms with E-state index in [4.69, 9.17) is 4.42 Å². The average Bonchev–Trinajstić information content (AvgIpc) is 3.36. The molecule has 7 heteroatoms. The molecule has 7 nitrogen and oxygen atoms in total. The van der Waals surface area contributed by atoms with Gasteiger partial charge in [0.25, 0.3) is 5.91 Å². The van der Waals surface area contributed by atoms with Gasteiger partial charge in [-0.1, -0.05) is 6.42 Å². The molecule has 1 aromatic carbocycles. The van der Waals surface area contributed by atoms with Crippen LogP contribution in [-0.4, -0.2) is 33.5 Å². The van der Waals surface area contributed by atoms with Gasteiger partial charge in [0, 0.05) is 36.8 Å². The highest BCUT2D eigenvalue weighted by molar-refractivity contribution is 5.94. The maximum absolute atomic E-state index is 12.6. The lowest BCUT2D eigenvalue weighted by molar-refractivity contribution is -0.127. The average molecular weight is 392 g/mol. The molecule has 0 bridgehead atoms. The van der Waals surface area contributed by atoms with Crippen LogP contribution >= 0.6 is 0 Å². The van der Waals surface area contributed by atoms with Gasteiger partial charge in [-0.2, -0.15) is 5.10 Å². The molecule has 0 atom stereocenters. The Morgan fingerprint density at radius 3 is 2.69 bits per heavy atom. The molecule has 2 aromatic heterocycles. The second kappa shape index (κ2) is 8.34. The van der Waals surface area contributed by atoms with E-state index >= 15 is 0 Å². The van der Waals surface area contributed by atoms with Gasteiger partial charge < -0.3 is 14.6 Å². The first kappa shape index (κ1) is 19.0. The SMILES string of the molecule is CN(Cc1ccco1)C(=O)c1ccc(-n2cc(CNC(=O)C3CCC3)cn2)cc1. The van der Waals surface area contributed by atoms with E-state index in [1.807, 2.05) is 24.4 Å². The summed E-state index contributed by atoms with van der Waals surface area (Å²) >= 11 is 0. The van der Waals surface area contributed by atoms with Crippen LogP contribution in [0.25, 0.3) is 5.69 Å². The van der Waals surface area contributed by atoms with E-state index in [0.29, 0.717) is 18.7 Å². The van der Waals surface area contributed by atoms with Crippen LogP contribution in [0.1, 0.15) is 40.9 Å². The van der Waals surface area contributed by atoms with E-state index in [-0.39, 0.29) is 17.7 Å². The lowest BCUT2D eigenvalue weighted by Gasteiger charge is -2.23. The third-order valence-corrected chi connectivity index (χ3v) is 5.28. The van der Waals surface area contributed by atoms with Gasteiger partial charge in [-0.25, -0.2) is 4.68 Å². The zero-order valence-electron chi connectivity index (χ0n) is 16.4. The number of amides is 2. The molecule has 1 aliphatic rings. The molecule has 1 saturated carbocycles. The normalized spacial score (nSPS) is 13.7. The quantitative estimate of drug-likeness (QED) is 0.670. The largest absolute Gasteiger partial charge is 0.467 e. The van der Waals surface area contributed by atoms with Crippen molar-refractivity contribution in [1.82, 2.24) is 20.0 Å². The predicted octanol–water partition coefficient (Wildman–Crippen LogP) is 3.15. The zero-order chi connectivity index (χ0) is 20.2. The first-order valence-corrected chi connectivity index (χ1v) is 9.80. The Bertz CT molecular complexity index is 972. The van der Waals surface area contributed by atoms with Gasteiger partial charge in [-0.15, -0.1) is 0 Å². The topological polar surface area (TPSA) is 80.4 Å². The van der Waals surface area contributed by atoms with Crippen molar-refractivity contribution >= 4 is 11.8 Å². The molecule has 0 spiro atoms. The van der Waals surface area contributed by atoms with Gasteiger partial charge in [0.05, 0.1) is 24.7 Å². The number of carbonyl (C=O) groups is 2. The molecule has 0 radical (unpaired) electrons. The minimum Gasteiger partial charge on any atom is -0.467 e. The fraction of sp³-hybridized carbons (Fsp3) is 0.318. The number of nitrogens with one attached hydrogen (secondary N) is 1. The van der Waals surface area contributed by atoms with Crippen LogP contribution in [0.5, 0.6) is 0 Å². The molecule has 1 N–H and O–H groups in total. The Morgan fingerprint density at radius 1 is 1.24 bits per heavy atom. The van der Waals surface area contributed by atoms with Gasteiger partial charge >= 0.3 is 0 Å². The molecule has 2 amide bonds. The lowest BCUT2D eigenvalue weighted by atomic mass is 9.85. The number of rotatable bonds is 7. The Morgan fingerprint density at radius 2 is 2.03 bits per heavy atom. The summed E-state index contributed by atoms with van der Waals surface area (Å²) in [5.41, 5.74) is 2.39. The van der Waals surface area contributed by atoms with Crippen LogP contribution in [0, 0.1) is 5.92 Å². The van der Waals surface area contributed by atoms with Crippen molar-refractivity contribution in [1.29, 1.82) is 0 Å². The minimum absolute atomic E-state index is 0.0761. The predicted molar refractivity (Wildman–Crippen MR) is 107 cm³/mol. The van der Waals surface area contributed by atoms with Crippen molar-refractivity contribution in [2.75, 3.05) is 7.05 Å². The van der Waals surface area contributed by atoms with E-state index in [2.05, 4.69) is 10.4 Å². The van der Waals surface area contributed by atoms with E-state index in [1.54, 1.807) is 47.3 Å². The third-order valence-electron chi connectivity index (χ3n) is 5.28. The fourth-order valence-electron chi connectivity index (χ4n) is 3.28. The molecule has 0 unspecified atom stereocenters. The Hall–Kier alpha value is -3.35. The molecule has 0 aliphatic heterocycles. The van der Waals surface area contributed by atoms with Gasteiger partial charge in [-0.05, 0) is 49.2 Å². The fourth-order valence-corrected chi connectivity index (χ4v) is 3.28. The maximum atomic E-state index is 12.6. The van der Waals surface area contributed by atoms with Gasteiger partial charge in [0.1, 0.15) is 5.76 Å². The summed E-state index contributed by atoms with van der Waals surface area (Å²) in [6.45, 7) is 0.895. The minimum atomic E-state index is -0.0761. The Kier molecular flexibility index (Phi) is 5.46. The van der Waals surface area contributed by atoms with E-state index < -0.39 is 0 Å². The summed E-state index contributed by atoms with van der Waals surface area (Å²) in [5, 5.41) is 7.33. The van der Waals surface area contributed by atoms with Gasteiger partial charge in [0.2, 0.25) is 5.91 Å². The Balaban J connectivity index is 1.35. The summed E-state index contributed by atoms with van der Waals surface area (Å²) in [6, 6.07) is 10.9. The standard InChI is InChI=1S/C22H24N4O3/c1-25(15-20-6-3-11-29-20)22(28)18-7-9-19(10-8-18)26-14-16(13-24-26)12-23-21(27)17-4-2-5-17/h3,6-11,13-14,17H,2,4-5,12,15H2,1H3,(H,23,27). The number of aromatic nitrogens is 2. The van der Waals surface area contributed by atoms with E-state index in [0.717, 1.165) is 36.3 Å². The van der Waals surface area contributed by atoms with Crippen LogP contribution in [0.3, 0.4) is 0 Å². The molecule has 150 valence electrons. The second-order valence-corrected chi connectivity index (χ2v) is 7.43. The third kappa shape index (κ3) is 4.39. The van der Waals surface area contributed by atoms with Crippen molar-refractivity contribution < 1.29 is 14.0 Å². The van der Waals surface area contributed by atoms with Crippen molar-refractivity contribution in [2.24, 2.45) is 5.92 Å². The molecule has 0 saturated heterocycles. The molecule has 29 heavy (non-hydrogen) atoms. The van der Waals surface area contributed by atoms with Crippen LogP contribution in [0.2, 0.25) is 0 Å². The smallest absolute Gasteiger partial charge is 0.254 e. The summed E-state index contributed by atoms with van der Waals surface area (Å²) in [5.74, 6) is 0.977. The molecular formula is C22H24N4O3. The van der Waals surface area contributed by atoms with E-state index in [1.165, 1.54) is 0 Å². The highest BCUT2D eigenvalue weighted by Crippen LogP contribution is 2.26. The highest BCUT2D eigenvalue weighted by atomic mass is 16.3. The van der Waals surface area contributed by atoms with Crippen molar-refractivity contribution in [3.63, 3.8) is 0 Å². The van der Waals surface area contributed by atoms with Crippen molar-refractivity contribution in [3.05, 3.63) is 71.9 Å². The molecule has 1 fully saturated rings. The number of furan rings is 1. The lowest BCUT2D eigenvalue weighted by Crippen LogP contribution is -2.33. The van der Waals surface area contributed by atoms with Crippen LogP contribution in [-0.2, 0) is 17.9 Å². The highest BCUT2D eigenvalue weighted by Gasteiger charge is 2.24. The zero-order valence-corrected chi connectivity index (χ0v) is 16.4. The van der Waals surface area contributed by atoms with Crippen molar-refractivity contribution in [2.45, 2.75) is 32.4 Å². The molecule has 3 aromatic rings. The second-order valence-electron chi connectivity index (χ2n) is 7.43. The maximum Gasteiger partial charge on any atom is 0.254 e. The van der Waals surface area contributed by atoms with Crippen LogP contribution in [0.4, 0.5) is 0 Å². The summed E-state index contributed by atoms with van der Waals surface area (Å²) in [7, 11) is 1.75. The molecule has 1 aliphatic carbocycles. The number of benzene rings is 1. The Labute approximate surface area is 169 Å². The van der Waals surface area contributed by atoms with E-state index in [9.17, 15) is 9.59 Å². The van der Waals surface area contributed by atoms with Crippen LogP contribution in [0.15, 0.2) is 59.5 Å². The summed E-state index contributed by atoms with van der Waals surface area (Å²) < 4.78 is 7.04. The number of hydrogen-bond acceptors (Lipinski definition) is 4. The van der Waals surface area contributed by atoms with Crippen molar-refractivity contribution in [3.8, 4) is 5.69 Å². The summed E-state index contributed by atoms with van der Waals surface area (Å²) in [6.07, 6.45) is 8.37. The number of hydrogen-bond donors (Lipinski definition) is 1. The molecule has 4 rings (SSSR count). The number of carbonyl (C=O) groups excluding carboxylic acids is 2. The van der Waals surface area contributed by atoms with Gasteiger partial charge in [-0.3, -0.25) is 9.59 Å². The monoisotopic (exact) mass is 392 g/mol. The first-order valence-electron chi connectivity index (χ1n) is 9.80. The number of nitrogens with zero attached hydrogens (tertiary/aromatic N) is 3.